The summed E-state index contributed by atoms with van der Waals surface area (Å²) < 4.78 is 0. The number of hydrogen-bond donors (Lipinski definition) is 1. The van der Waals surface area contributed by atoms with Crippen LogP contribution in [0.4, 0.5) is 0 Å². The molecule has 0 spiro atoms. The minimum atomic E-state index is 0.289. The van der Waals surface area contributed by atoms with Gasteiger partial charge in [-0.25, -0.2) is 4.99 Å². The van der Waals surface area contributed by atoms with E-state index < -0.39 is 0 Å². The van der Waals surface area contributed by atoms with Crippen molar-refractivity contribution in [1.82, 2.24) is 0 Å². The van der Waals surface area contributed by atoms with Crippen LogP contribution < -0.4 is 0 Å². The van der Waals surface area contributed by atoms with E-state index in [1.54, 1.807) is 6.21 Å². The van der Waals surface area contributed by atoms with E-state index in [9.17, 15) is 0 Å². The molecule has 0 aromatic heterocycles. The molecule has 2 heteroatoms. The average Bonchev–Trinajstić information content (AvgIpc) is 2.37. The van der Waals surface area contributed by atoms with Gasteiger partial charge in [0.05, 0.1) is 0 Å². The maximum Gasteiger partial charge on any atom is 0.151 e. The van der Waals surface area contributed by atoms with E-state index in [1.807, 2.05) is 61.5 Å². The molecule has 17 heavy (non-hydrogen) atoms. The first-order valence-electron chi connectivity index (χ1n) is 5.50. The number of aryl methyl sites for hydroxylation is 1. The monoisotopic (exact) mass is 222 g/mol. The van der Waals surface area contributed by atoms with Gasteiger partial charge >= 0.3 is 0 Å². The van der Waals surface area contributed by atoms with E-state index in [4.69, 9.17) is 5.41 Å². The molecule has 0 fully saturated rings. The summed E-state index contributed by atoms with van der Waals surface area (Å²) in [6, 6.07) is 17.6. The zero-order valence-corrected chi connectivity index (χ0v) is 9.72. The predicted molar refractivity (Wildman–Crippen MR) is 72.0 cm³/mol. The van der Waals surface area contributed by atoms with E-state index in [1.165, 1.54) is 0 Å². The van der Waals surface area contributed by atoms with Crippen molar-refractivity contribution in [2.24, 2.45) is 4.99 Å². The third kappa shape index (κ3) is 3.11. The molecule has 0 atom stereocenters. The van der Waals surface area contributed by atoms with Crippen molar-refractivity contribution >= 4 is 12.1 Å². The van der Waals surface area contributed by atoms with Crippen molar-refractivity contribution < 1.29 is 0 Å². The molecule has 2 aromatic rings. The average molecular weight is 222 g/mol. The summed E-state index contributed by atoms with van der Waals surface area (Å²) in [4.78, 5) is 4.16. The van der Waals surface area contributed by atoms with Gasteiger partial charge in [0, 0.05) is 11.8 Å². The van der Waals surface area contributed by atoms with Gasteiger partial charge in [0.25, 0.3) is 0 Å². The van der Waals surface area contributed by atoms with Gasteiger partial charge in [0.2, 0.25) is 0 Å². The highest BCUT2D eigenvalue weighted by molar-refractivity contribution is 6.03. The number of benzene rings is 2. The van der Waals surface area contributed by atoms with Crippen LogP contribution in [-0.2, 0) is 0 Å². The Morgan fingerprint density at radius 1 is 1.06 bits per heavy atom. The summed E-state index contributed by atoms with van der Waals surface area (Å²) in [5.74, 6) is 0.289. The Bertz CT molecular complexity index is 542. The lowest BCUT2D eigenvalue weighted by Gasteiger charge is -1.99. The molecule has 1 N–H and O–H groups in total. The van der Waals surface area contributed by atoms with Crippen molar-refractivity contribution in [3.05, 3.63) is 71.3 Å². The SMILES string of the molecule is Cc1cccc(C(=N)N=Cc2ccccc2)c1. The fraction of sp³-hybridized carbons (Fsp3) is 0.0667. The van der Waals surface area contributed by atoms with E-state index >= 15 is 0 Å². The van der Waals surface area contributed by atoms with Crippen molar-refractivity contribution in [3.63, 3.8) is 0 Å². The first kappa shape index (κ1) is 11.3. The molecule has 0 saturated carbocycles. The van der Waals surface area contributed by atoms with Crippen LogP contribution in [0.5, 0.6) is 0 Å². The highest BCUT2D eigenvalue weighted by Gasteiger charge is 1.98. The van der Waals surface area contributed by atoms with Crippen LogP contribution in [-0.4, -0.2) is 12.1 Å². The van der Waals surface area contributed by atoms with E-state index in [-0.39, 0.29) is 5.84 Å². The molecule has 0 aliphatic carbocycles. The summed E-state index contributed by atoms with van der Waals surface area (Å²) in [6.45, 7) is 2.01. The Kier molecular flexibility index (Phi) is 3.46. The minimum absolute atomic E-state index is 0.289. The lowest BCUT2D eigenvalue weighted by Crippen LogP contribution is -1.96. The zero-order valence-electron chi connectivity index (χ0n) is 9.72. The van der Waals surface area contributed by atoms with Crippen LogP contribution in [0.3, 0.4) is 0 Å². The first-order valence-corrected chi connectivity index (χ1v) is 5.50. The molecule has 0 aliphatic heterocycles. The van der Waals surface area contributed by atoms with Crippen molar-refractivity contribution in [3.8, 4) is 0 Å². The highest BCUT2D eigenvalue weighted by atomic mass is 14.8. The maximum absolute atomic E-state index is 7.88. The second-order valence-corrected chi connectivity index (χ2v) is 3.89. The van der Waals surface area contributed by atoms with Crippen LogP contribution in [0.15, 0.2) is 59.6 Å². The summed E-state index contributed by atoms with van der Waals surface area (Å²) in [6.07, 6.45) is 1.71. The van der Waals surface area contributed by atoms with Crippen LogP contribution in [0.25, 0.3) is 0 Å². The molecule has 0 bridgehead atoms. The Morgan fingerprint density at radius 2 is 1.82 bits per heavy atom. The van der Waals surface area contributed by atoms with Crippen LogP contribution in [0.2, 0.25) is 0 Å². The quantitative estimate of drug-likeness (QED) is 0.597. The molecule has 2 nitrogen and oxygen atoms in total. The van der Waals surface area contributed by atoms with Crippen molar-refractivity contribution in [1.29, 1.82) is 5.41 Å². The Morgan fingerprint density at radius 3 is 2.53 bits per heavy atom. The molecule has 0 saturated heterocycles. The lowest BCUT2D eigenvalue weighted by molar-refractivity contribution is 1.39. The molecule has 84 valence electrons. The predicted octanol–water partition coefficient (Wildman–Crippen LogP) is 3.44. The van der Waals surface area contributed by atoms with Crippen LogP contribution >= 0.6 is 0 Å². The van der Waals surface area contributed by atoms with E-state index in [0.29, 0.717) is 0 Å². The van der Waals surface area contributed by atoms with Gasteiger partial charge in [0.1, 0.15) is 0 Å². The number of aliphatic imine (C=N–C) groups is 1. The third-order valence-electron chi connectivity index (χ3n) is 2.43. The number of amidine groups is 1. The maximum atomic E-state index is 7.88. The molecular weight excluding hydrogens is 208 g/mol. The number of rotatable bonds is 2. The topological polar surface area (TPSA) is 36.2 Å². The van der Waals surface area contributed by atoms with Crippen LogP contribution in [0.1, 0.15) is 16.7 Å². The summed E-state index contributed by atoms with van der Waals surface area (Å²) >= 11 is 0. The zero-order chi connectivity index (χ0) is 12.1. The Hall–Kier alpha value is -2.22. The van der Waals surface area contributed by atoms with Gasteiger partial charge in [-0.3, -0.25) is 5.41 Å². The molecule has 2 rings (SSSR count). The smallest absolute Gasteiger partial charge is 0.151 e. The van der Waals surface area contributed by atoms with E-state index in [2.05, 4.69) is 4.99 Å². The largest absolute Gasteiger partial charge is 0.282 e. The molecule has 0 heterocycles. The normalized spacial score (nSPS) is 10.6. The molecule has 2 aromatic carbocycles. The summed E-state index contributed by atoms with van der Waals surface area (Å²) in [5, 5.41) is 7.88. The summed E-state index contributed by atoms with van der Waals surface area (Å²) in [7, 11) is 0. The molecule has 0 radical (unpaired) electrons. The standard InChI is InChI=1S/C15H14N2/c1-12-6-5-9-14(10-12)15(16)17-11-13-7-3-2-4-8-13/h2-11,16H,1H3. The van der Waals surface area contributed by atoms with Gasteiger partial charge in [-0.15, -0.1) is 0 Å². The summed E-state index contributed by atoms with van der Waals surface area (Å²) in [5.41, 5.74) is 2.99. The van der Waals surface area contributed by atoms with Crippen LogP contribution in [0, 0.1) is 12.3 Å². The molecular formula is C15H14N2. The number of hydrogen-bond acceptors (Lipinski definition) is 1. The fourth-order valence-corrected chi connectivity index (χ4v) is 1.55. The first-order chi connectivity index (χ1) is 8.25. The van der Waals surface area contributed by atoms with Gasteiger partial charge in [-0.1, -0.05) is 54.1 Å². The second kappa shape index (κ2) is 5.21. The van der Waals surface area contributed by atoms with Gasteiger partial charge in [0.15, 0.2) is 5.84 Å². The second-order valence-electron chi connectivity index (χ2n) is 3.89. The van der Waals surface area contributed by atoms with E-state index in [0.717, 1.165) is 16.7 Å². The van der Waals surface area contributed by atoms with Crippen molar-refractivity contribution in [2.45, 2.75) is 6.92 Å². The Balaban J connectivity index is 2.15. The van der Waals surface area contributed by atoms with Gasteiger partial charge in [-0.05, 0) is 18.6 Å². The lowest BCUT2D eigenvalue weighted by atomic mass is 10.1. The molecule has 0 amide bonds. The third-order valence-corrected chi connectivity index (χ3v) is 2.43. The van der Waals surface area contributed by atoms with Gasteiger partial charge in [-0.2, -0.15) is 0 Å². The molecule has 0 unspecified atom stereocenters. The van der Waals surface area contributed by atoms with Gasteiger partial charge < -0.3 is 0 Å². The fourth-order valence-electron chi connectivity index (χ4n) is 1.55. The van der Waals surface area contributed by atoms with Crippen molar-refractivity contribution in [2.75, 3.05) is 0 Å². The minimum Gasteiger partial charge on any atom is -0.282 e. The Labute approximate surface area is 101 Å². The number of nitrogens with one attached hydrogen (secondary N) is 1. The highest BCUT2D eigenvalue weighted by Crippen LogP contribution is 2.05. The molecule has 0 aliphatic rings. The number of nitrogens with zero attached hydrogens (tertiary/aromatic N) is 1.